The van der Waals surface area contributed by atoms with E-state index in [2.05, 4.69) is 19.9 Å². The molecule has 0 unspecified atom stereocenters. The molecule has 0 saturated carbocycles. The van der Waals surface area contributed by atoms with E-state index >= 15 is 0 Å². The molecule has 0 aliphatic rings. The first-order valence-corrected chi connectivity index (χ1v) is 8.05. The van der Waals surface area contributed by atoms with Crippen LogP contribution in [0.2, 0.25) is 0 Å². The smallest absolute Gasteiger partial charge is 0.0906 e. The first-order chi connectivity index (χ1) is 12.7. The van der Waals surface area contributed by atoms with Gasteiger partial charge in [0.05, 0.1) is 22.8 Å². The van der Waals surface area contributed by atoms with Crippen LogP contribution in [0.3, 0.4) is 0 Å². The number of nitrogens with zero attached hydrogens (tertiary/aromatic N) is 4. The quantitative estimate of drug-likeness (QED) is 0.592. The van der Waals surface area contributed by atoms with Gasteiger partial charge < -0.3 is 11.5 Å². The number of hydrogen-bond donors (Lipinski definition) is 2. The molecule has 0 spiro atoms. The second kappa shape index (κ2) is 6.60. The Morgan fingerprint density at radius 2 is 0.962 bits per heavy atom. The Labute approximate surface area is 150 Å². The van der Waals surface area contributed by atoms with Crippen LogP contribution >= 0.6 is 0 Å². The average Bonchev–Trinajstić information content (AvgIpc) is 2.68. The lowest BCUT2D eigenvalue weighted by Crippen LogP contribution is -1.92. The van der Waals surface area contributed by atoms with Crippen LogP contribution in [0.1, 0.15) is 0 Å². The fourth-order valence-corrected chi connectivity index (χ4v) is 2.61. The molecule has 6 nitrogen and oxygen atoms in total. The van der Waals surface area contributed by atoms with Gasteiger partial charge in [-0.25, -0.2) is 0 Å². The van der Waals surface area contributed by atoms with Crippen molar-refractivity contribution in [3.8, 4) is 33.9 Å². The molecule has 4 rings (SSSR count). The van der Waals surface area contributed by atoms with E-state index in [1.54, 1.807) is 49.1 Å². The predicted molar refractivity (Wildman–Crippen MR) is 103 cm³/mol. The Balaban J connectivity index is 1.60. The summed E-state index contributed by atoms with van der Waals surface area (Å²) >= 11 is 0. The molecule has 0 atom stereocenters. The van der Waals surface area contributed by atoms with Gasteiger partial charge in [-0.2, -0.15) is 0 Å². The maximum absolute atomic E-state index is 5.80. The SMILES string of the molecule is Nc1ccnc(-c2ccc(-c3ccc(-c4cc(N)ccn4)nc3)cn2)c1. The summed E-state index contributed by atoms with van der Waals surface area (Å²) in [4.78, 5) is 17.6. The molecule has 0 aliphatic carbocycles. The van der Waals surface area contributed by atoms with Gasteiger partial charge in [-0.1, -0.05) is 12.1 Å². The van der Waals surface area contributed by atoms with E-state index in [9.17, 15) is 0 Å². The molecular weight excluding hydrogens is 324 g/mol. The average molecular weight is 340 g/mol. The topological polar surface area (TPSA) is 104 Å². The number of aromatic nitrogens is 4. The molecule has 0 bridgehead atoms. The Morgan fingerprint density at radius 1 is 0.500 bits per heavy atom. The summed E-state index contributed by atoms with van der Waals surface area (Å²) in [7, 11) is 0. The number of pyridine rings is 4. The Hall–Kier alpha value is -3.80. The molecule has 0 amide bonds. The van der Waals surface area contributed by atoms with Crippen molar-refractivity contribution in [3.05, 3.63) is 73.3 Å². The number of nitrogens with two attached hydrogens (primary N) is 2. The van der Waals surface area contributed by atoms with Crippen molar-refractivity contribution >= 4 is 11.4 Å². The highest BCUT2D eigenvalue weighted by Crippen LogP contribution is 2.24. The van der Waals surface area contributed by atoms with Gasteiger partial charge in [-0.05, 0) is 36.4 Å². The molecule has 4 N–H and O–H groups in total. The molecule has 26 heavy (non-hydrogen) atoms. The lowest BCUT2D eigenvalue weighted by molar-refractivity contribution is 1.23. The largest absolute Gasteiger partial charge is 0.399 e. The lowest BCUT2D eigenvalue weighted by Gasteiger charge is -2.05. The zero-order valence-corrected chi connectivity index (χ0v) is 13.9. The van der Waals surface area contributed by atoms with Crippen molar-refractivity contribution in [3.63, 3.8) is 0 Å². The van der Waals surface area contributed by atoms with Crippen LogP contribution in [0.4, 0.5) is 11.4 Å². The normalized spacial score (nSPS) is 10.6. The molecule has 4 heterocycles. The number of hydrogen-bond acceptors (Lipinski definition) is 6. The second-order valence-electron chi connectivity index (χ2n) is 5.81. The fraction of sp³-hybridized carbons (Fsp3) is 0. The third-order valence-electron chi connectivity index (χ3n) is 3.95. The number of anilines is 2. The molecule has 6 heteroatoms. The van der Waals surface area contributed by atoms with Crippen molar-refractivity contribution in [1.29, 1.82) is 0 Å². The van der Waals surface area contributed by atoms with E-state index in [1.165, 1.54) is 0 Å². The maximum atomic E-state index is 5.80. The van der Waals surface area contributed by atoms with Crippen LogP contribution in [0.25, 0.3) is 33.9 Å². The van der Waals surface area contributed by atoms with Crippen molar-refractivity contribution in [2.45, 2.75) is 0 Å². The van der Waals surface area contributed by atoms with Gasteiger partial charge in [0.15, 0.2) is 0 Å². The lowest BCUT2D eigenvalue weighted by atomic mass is 10.1. The van der Waals surface area contributed by atoms with Crippen LogP contribution in [0.5, 0.6) is 0 Å². The number of rotatable bonds is 3. The molecule has 4 aromatic heterocycles. The zero-order valence-electron chi connectivity index (χ0n) is 13.9. The molecule has 0 saturated heterocycles. The van der Waals surface area contributed by atoms with Gasteiger partial charge in [0.2, 0.25) is 0 Å². The van der Waals surface area contributed by atoms with Gasteiger partial charge in [-0.15, -0.1) is 0 Å². The Kier molecular flexibility index (Phi) is 3.99. The summed E-state index contributed by atoms with van der Waals surface area (Å²) in [5.41, 5.74) is 17.9. The molecule has 126 valence electrons. The van der Waals surface area contributed by atoms with Gasteiger partial charge in [0.1, 0.15) is 0 Å². The minimum absolute atomic E-state index is 0.663. The molecule has 0 radical (unpaired) electrons. The molecular formula is C20H16N6. The zero-order chi connectivity index (χ0) is 17.9. The van der Waals surface area contributed by atoms with Crippen molar-refractivity contribution in [2.75, 3.05) is 11.5 Å². The van der Waals surface area contributed by atoms with E-state index in [-0.39, 0.29) is 0 Å². The van der Waals surface area contributed by atoms with E-state index in [1.807, 2.05) is 24.3 Å². The summed E-state index contributed by atoms with van der Waals surface area (Å²) in [6.07, 6.45) is 6.95. The van der Waals surface area contributed by atoms with Crippen LogP contribution in [0, 0.1) is 0 Å². The van der Waals surface area contributed by atoms with Crippen molar-refractivity contribution in [1.82, 2.24) is 19.9 Å². The number of nitrogen functional groups attached to an aromatic ring is 2. The monoisotopic (exact) mass is 340 g/mol. The summed E-state index contributed by atoms with van der Waals surface area (Å²) in [6, 6.07) is 14.9. The van der Waals surface area contributed by atoms with Gasteiger partial charge >= 0.3 is 0 Å². The third kappa shape index (κ3) is 3.21. The first-order valence-electron chi connectivity index (χ1n) is 8.05. The highest BCUT2D eigenvalue weighted by molar-refractivity contribution is 5.68. The van der Waals surface area contributed by atoms with Gasteiger partial charge in [-0.3, -0.25) is 19.9 Å². The van der Waals surface area contributed by atoms with E-state index in [0.29, 0.717) is 11.4 Å². The van der Waals surface area contributed by atoms with Gasteiger partial charge in [0.25, 0.3) is 0 Å². The summed E-state index contributed by atoms with van der Waals surface area (Å²) < 4.78 is 0. The van der Waals surface area contributed by atoms with Crippen molar-refractivity contribution < 1.29 is 0 Å². The fourth-order valence-electron chi connectivity index (χ4n) is 2.61. The van der Waals surface area contributed by atoms with Crippen LogP contribution in [-0.4, -0.2) is 19.9 Å². The highest BCUT2D eigenvalue weighted by atomic mass is 14.8. The minimum Gasteiger partial charge on any atom is -0.399 e. The molecule has 0 aliphatic heterocycles. The summed E-state index contributed by atoms with van der Waals surface area (Å²) in [5.74, 6) is 0. The molecule has 4 aromatic rings. The Morgan fingerprint density at radius 3 is 1.31 bits per heavy atom. The maximum Gasteiger partial charge on any atom is 0.0906 e. The minimum atomic E-state index is 0.663. The molecule has 0 fully saturated rings. The summed E-state index contributed by atoms with van der Waals surface area (Å²) in [5, 5.41) is 0. The van der Waals surface area contributed by atoms with E-state index in [4.69, 9.17) is 11.5 Å². The first kappa shape index (κ1) is 15.7. The van der Waals surface area contributed by atoms with Crippen LogP contribution < -0.4 is 11.5 Å². The molecule has 0 aromatic carbocycles. The summed E-state index contributed by atoms with van der Waals surface area (Å²) in [6.45, 7) is 0. The van der Waals surface area contributed by atoms with Gasteiger partial charge in [0, 0.05) is 47.3 Å². The Bertz CT molecular complexity index is 955. The van der Waals surface area contributed by atoms with E-state index < -0.39 is 0 Å². The predicted octanol–water partition coefficient (Wildman–Crippen LogP) is 3.43. The third-order valence-corrected chi connectivity index (χ3v) is 3.95. The second-order valence-corrected chi connectivity index (χ2v) is 5.81. The van der Waals surface area contributed by atoms with Crippen molar-refractivity contribution in [2.24, 2.45) is 0 Å². The van der Waals surface area contributed by atoms with Crippen LogP contribution in [0.15, 0.2) is 73.3 Å². The van der Waals surface area contributed by atoms with E-state index in [0.717, 1.165) is 33.9 Å². The highest BCUT2D eigenvalue weighted by Gasteiger charge is 2.06. The van der Waals surface area contributed by atoms with Crippen LogP contribution in [-0.2, 0) is 0 Å². The standard InChI is InChI=1S/C20H16N6/c21-15-5-7-23-19(9-15)17-3-1-13(11-25-17)14-2-4-18(26-12-14)20-10-16(22)6-8-24-20/h1-12H,(H2,21,23)(H2,22,24).